The Hall–Kier alpha value is -0.200. The SMILES string of the molecule is CC1CNCC(CS(=O)(=O)F)O1. The minimum absolute atomic E-state index is 0.0505. The number of ether oxygens (including phenoxy) is 1. The van der Waals surface area contributed by atoms with Crippen LogP contribution in [0, 0.1) is 0 Å². The highest BCUT2D eigenvalue weighted by molar-refractivity contribution is 7.86. The van der Waals surface area contributed by atoms with Crippen molar-refractivity contribution in [2.45, 2.75) is 19.1 Å². The summed E-state index contributed by atoms with van der Waals surface area (Å²) in [6.45, 7) is 2.89. The molecule has 1 aliphatic rings. The van der Waals surface area contributed by atoms with Crippen molar-refractivity contribution < 1.29 is 17.0 Å². The predicted molar refractivity (Wildman–Crippen MR) is 42.1 cm³/mol. The van der Waals surface area contributed by atoms with Crippen molar-refractivity contribution in [1.29, 1.82) is 0 Å². The summed E-state index contributed by atoms with van der Waals surface area (Å²) in [6, 6.07) is 0. The van der Waals surface area contributed by atoms with Gasteiger partial charge in [0.1, 0.15) is 5.75 Å². The quantitative estimate of drug-likeness (QED) is 0.615. The fourth-order valence-electron chi connectivity index (χ4n) is 1.19. The summed E-state index contributed by atoms with van der Waals surface area (Å²) in [5.74, 6) is -0.551. The number of morpholine rings is 1. The van der Waals surface area contributed by atoms with Gasteiger partial charge in [0.15, 0.2) is 0 Å². The molecule has 4 nitrogen and oxygen atoms in total. The van der Waals surface area contributed by atoms with E-state index in [1.807, 2.05) is 6.92 Å². The Labute approximate surface area is 71.3 Å². The molecule has 12 heavy (non-hydrogen) atoms. The molecule has 0 saturated carbocycles. The van der Waals surface area contributed by atoms with Crippen molar-refractivity contribution >= 4 is 10.2 Å². The summed E-state index contributed by atoms with van der Waals surface area (Å²) in [5, 5.41) is 2.95. The van der Waals surface area contributed by atoms with Crippen molar-refractivity contribution in [1.82, 2.24) is 5.32 Å². The third-order valence-electron chi connectivity index (χ3n) is 1.61. The number of rotatable bonds is 2. The van der Waals surface area contributed by atoms with Crippen molar-refractivity contribution in [3.63, 3.8) is 0 Å². The van der Waals surface area contributed by atoms with Crippen LogP contribution < -0.4 is 5.32 Å². The largest absolute Gasteiger partial charge is 0.371 e. The maximum atomic E-state index is 12.2. The first-order chi connectivity index (χ1) is 5.47. The number of hydrogen-bond donors (Lipinski definition) is 1. The van der Waals surface area contributed by atoms with Gasteiger partial charge in [0.05, 0.1) is 12.2 Å². The van der Waals surface area contributed by atoms with Crippen LogP contribution in [0.3, 0.4) is 0 Å². The lowest BCUT2D eigenvalue weighted by Gasteiger charge is -2.27. The van der Waals surface area contributed by atoms with Gasteiger partial charge in [-0.15, -0.1) is 3.89 Å². The molecule has 1 aliphatic heterocycles. The molecule has 6 heteroatoms. The van der Waals surface area contributed by atoms with Gasteiger partial charge in [-0.25, -0.2) is 0 Å². The molecule has 1 rings (SSSR count). The molecule has 0 radical (unpaired) electrons. The van der Waals surface area contributed by atoms with E-state index < -0.39 is 22.1 Å². The van der Waals surface area contributed by atoms with Crippen LogP contribution in [0.1, 0.15) is 6.92 Å². The molecule has 72 valence electrons. The Morgan fingerprint density at radius 1 is 1.58 bits per heavy atom. The maximum Gasteiger partial charge on any atom is 0.305 e. The average Bonchev–Trinajstić information content (AvgIpc) is 1.82. The summed E-state index contributed by atoms with van der Waals surface area (Å²) in [4.78, 5) is 0. The van der Waals surface area contributed by atoms with Crippen LogP contribution >= 0.6 is 0 Å². The number of hydrogen-bond acceptors (Lipinski definition) is 4. The topological polar surface area (TPSA) is 55.4 Å². The summed E-state index contributed by atoms with van der Waals surface area (Å²) in [5.41, 5.74) is 0. The summed E-state index contributed by atoms with van der Waals surface area (Å²) in [6.07, 6.45) is -0.603. The minimum atomic E-state index is -4.41. The minimum Gasteiger partial charge on any atom is -0.371 e. The molecule has 1 heterocycles. The first kappa shape index (κ1) is 9.88. The molecule has 0 spiro atoms. The number of halogens is 1. The van der Waals surface area contributed by atoms with E-state index in [4.69, 9.17) is 4.74 Å². The third-order valence-corrected chi connectivity index (χ3v) is 2.38. The zero-order valence-electron chi connectivity index (χ0n) is 6.79. The average molecular weight is 197 g/mol. The summed E-state index contributed by atoms with van der Waals surface area (Å²) in [7, 11) is -4.41. The Bertz CT molecular complexity index is 241. The lowest BCUT2D eigenvalue weighted by molar-refractivity contribution is -0.0152. The zero-order chi connectivity index (χ0) is 9.19. The molecule has 0 aliphatic carbocycles. The van der Waals surface area contributed by atoms with E-state index in [2.05, 4.69) is 5.32 Å². The molecule has 1 N–H and O–H groups in total. The molecule has 2 unspecified atom stereocenters. The second-order valence-corrected chi connectivity index (χ2v) is 4.34. The maximum absolute atomic E-state index is 12.2. The van der Waals surface area contributed by atoms with Crippen LogP contribution in [0.5, 0.6) is 0 Å². The second-order valence-electron chi connectivity index (χ2n) is 2.93. The van der Waals surface area contributed by atoms with Crippen LogP contribution in [0.2, 0.25) is 0 Å². The van der Waals surface area contributed by atoms with Crippen LogP contribution in [0.15, 0.2) is 0 Å². The van der Waals surface area contributed by atoms with E-state index >= 15 is 0 Å². The third kappa shape index (κ3) is 3.46. The Morgan fingerprint density at radius 2 is 2.25 bits per heavy atom. The van der Waals surface area contributed by atoms with E-state index in [0.717, 1.165) is 0 Å². The van der Waals surface area contributed by atoms with Crippen LogP contribution in [0.25, 0.3) is 0 Å². The van der Waals surface area contributed by atoms with Gasteiger partial charge in [-0.3, -0.25) is 0 Å². The van der Waals surface area contributed by atoms with Crippen molar-refractivity contribution in [2.24, 2.45) is 0 Å². The van der Waals surface area contributed by atoms with Gasteiger partial charge in [-0.1, -0.05) is 0 Å². The number of nitrogens with one attached hydrogen (secondary N) is 1. The standard InChI is InChI=1S/C6H12FNO3S/c1-5-2-8-3-6(11-5)4-12(7,9)10/h5-6,8H,2-4H2,1H3. The molecular formula is C6H12FNO3S. The highest BCUT2D eigenvalue weighted by Crippen LogP contribution is 2.06. The van der Waals surface area contributed by atoms with E-state index in [1.54, 1.807) is 0 Å². The van der Waals surface area contributed by atoms with Gasteiger partial charge in [0.25, 0.3) is 0 Å². The fourth-order valence-corrected chi connectivity index (χ4v) is 1.83. The van der Waals surface area contributed by atoms with E-state index in [0.29, 0.717) is 13.1 Å². The Morgan fingerprint density at radius 3 is 2.75 bits per heavy atom. The smallest absolute Gasteiger partial charge is 0.305 e. The highest BCUT2D eigenvalue weighted by atomic mass is 32.3. The van der Waals surface area contributed by atoms with Crippen molar-refractivity contribution in [3.05, 3.63) is 0 Å². The van der Waals surface area contributed by atoms with Gasteiger partial charge in [-0.05, 0) is 6.92 Å². The molecule has 0 aromatic carbocycles. The van der Waals surface area contributed by atoms with E-state index in [9.17, 15) is 12.3 Å². The molecular weight excluding hydrogens is 185 g/mol. The molecule has 0 aromatic rings. The molecule has 1 saturated heterocycles. The second kappa shape index (κ2) is 3.68. The van der Waals surface area contributed by atoms with Crippen LogP contribution in [-0.4, -0.2) is 39.5 Å². The van der Waals surface area contributed by atoms with Gasteiger partial charge in [0, 0.05) is 13.1 Å². The first-order valence-electron chi connectivity index (χ1n) is 3.76. The van der Waals surface area contributed by atoms with Gasteiger partial charge in [-0.2, -0.15) is 8.42 Å². The molecule has 1 fully saturated rings. The normalized spacial score (nSPS) is 31.8. The Kier molecular flexibility index (Phi) is 3.03. The van der Waals surface area contributed by atoms with Crippen molar-refractivity contribution in [2.75, 3.05) is 18.8 Å². The predicted octanol–water partition coefficient (Wildman–Crippen LogP) is -0.337. The van der Waals surface area contributed by atoms with Gasteiger partial charge < -0.3 is 10.1 Å². The zero-order valence-corrected chi connectivity index (χ0v) is 7.60. The molecule has 0 bridgehead atoms. The lowest BCUT2D eigenvalue weighted by atomic mass is 10.3. The Balaban J connectivity index is 2.43. The van der Waals surface area contributed by atoms with E-state index in [-0.39, 0.29) is 6.10 Å². The summed E-state index contributed by atoms with van der Waals surface area (Å²) >= 11 is 0. The highest BCUT2D eigenvalue weighted by Gasteiger charge is 2.24. The first-order valence-corrected chi connectivity index (χ1v) is 5.31. The summed E-state index contributed by atoms with van der Waals surface area (Å²) < 4.78 is 37.8. The molecule has 2 atom stereocenters. The van der Waals surface area contributed by atoms with Crippen molar-refractivity contribution in [3.8, 4) is 0 Å². The van der Waals surface area contributed by atoms with Crippen LogP contribution in [0.4, 0.5) is 3.89 Å². The van der Waals surface area contributed by atoms with E-state index in [1.165, 1.54) is 0 Å². The fraction of sp³-hybridized carbons (Fsp3) is 1.00. The molecule has 0 aromatic heterocycles. The monoisotopic (exact) mass is 197 g/mol. The van der Waals surface area contributed by atoms with Gasteiger partial charge >= 0.3 is 10.2 Å². The molecule has 0 amide bonds. The van der Waals surface area contributed by atoms with Gasteiger partial charge in [0.2, 0.25) is 0 Å². The lowest BCUT2D eigenvalue weighted by Crippen LogP contribution is -2.45. The van der Waals surface area contributed by atoms with Crippen LogP contribution in [-0.2, 0) is 15.0 Å².